The van der Waals surface area contributed by atoms with Gasteiger partial charge in [0.1, 0.15) is 5.69 Å². The first-order chi connectivity index (χ1) is 13.3. The summed E-state index contributed by atoms with van der Waals surface area (Å²) in [6, 6.07) is 7.29. The van der Waals surface area contributed by atoms with E-state index in [1.807, 2.05) is 32.0 Å². The number of hydrogen-bond donors (Lipinski definition) is 2. The number of nitrogens with one attached hydrogen (secondary N) is 2. The number of hydrogen-bond acceptors (Lipinski definition) is 3. The number of aromatic nitrogens is 2. The Hall–Kier alpha value is -2.54. The predicted molar refractivity (Wildman–Crippen MR) is 108 cm³/mol. The van der Waals surface area contributed by atoms with Crippen molar-refractivity contribution in [1.29, 1.82) is 0 Å². The lowest BCUT2D eigenvalue weighted by Crippen LogP contribution is -2.52. The van der Waals surface area contributed by atoms with Crippen LogP contribution < -0.4 is 5.32 Å². The number of likely N-dealkylation sites (tertiary alicyclic amines) is 1. The molecule has 8 heteroatoms. The van der Waals surface area contributed by atoms with E-state index in [1.165, 1.54) is 0 Å². The largest absolute Gasteiger partial charge is 0.335 e. The van der Waals surface area contributed by atoms with E-state index in [-0.39, 0.29) is 18.0 Å². The summed E-state index contributed by atoms with van der Waals surface area (Å²) in [6.07, 6.45) is 1.73. The van der Waals surface area contributed by atoms with E-state index in [4.69, 9.17) is 11.6 Å². The van der Waals surface area contributed by atoms with Gasteiger partial charge in [-0.25, -0.2) is 4.79 Å². The number of nitrogens with zero attached hydrogens (tertiary/aromatic N) is 3. The van der Waals surface area contributed by atoms with E-state index in [2.05, 4.69) is 15.5 Å². The molecule has 7 nitrogen and oxygen atoms in total. The molecule has 1 aliphatic heterocycles. The minimum absolute atomic E-state index is 0.0197. The van der Waals surface area contributed by atoms with Gasteiger partial charge in [0.05, 0.1) is 11.7 Å². The van der Waals surface area contributed by atoms with Crippen LogP contribution in [-0.4, -0.2) is 58.1 Å². The highest BCUT2D eigenvalue weighted by atomic mass is 35.5. The second kappa shape index (κ2) is 8.65. The van der Waals surface area contributed by atoms with Crippen LogP contribution in [0.5, 0.6) is 0 Å². The molecule has 0 bridgehead atoms. The molecular formula is C20H26ClN5O2. The third-order valence-electron chi connectivity index (χ3n) is 5.15. The molecule has 0 unspecified atom stereocenters. The standard InChI is InChI=1S/C20H26ClN5O2/c1-13-9-15(6-7-17(13)21)11-22-20(28)25(3)16-5-4-8-26(12-16)19(27)18-10-14(2)23-24-18/h6-7,9-10,16H,4-5,8,11-12H2,1-3H3,(H,22,28)(H,23,24)/t16-/m1/s1. The fourth-order valence-electron chi connectivity index (χ4n) is 3.44. The molecule has 28 heavy (non-hydrogen) atoms. The zero-order valence-corrected chi connectivity index (χ0v) is 17.2. The SMILES string of the molecule is Cc1cc(C(=O)N2CCC[C@@H](N(C)C(=O)NCc3ccc(Cl)c(C)c3)C2)[nH]n1. The second-order valence-corrected chi connectivity index (χ2v) is 7.73. The van der Waals surface area contributed by atoms with Gasteiger partial charge in [-0.3, -0.25) is 9.89 Å². The van der Waals surface area contributed by atoms with Crippen molar-refractivity contribution < 1.29 is 9.59 Å². The average Bonchev–Trinajstić information content (AvgIpc) is 3.13. The molecule has 0 saturated carbocycles. The van der Waals surface area contributed by atoms with Gasteiger partial charge >= 0.3 is 6.03 Å². The molecule has 2 N–H and O–H groups in total. The average molecular weight is 404 g/mol. The topological polar surface area (TPSA) is 81.3 Å². The summed E-state index contributed by atoms with van der Waals surface area (Å²) in [5, 5.41) is 10.5. The molecule has 1 fully saturated rings. The van der Waals surface area contributed by atoms with Crippen LogP contribution in [-0.2, 0) is 6.54 Å². The molecule has 1 aromatic carbocycles. The van der Waals surface area contributed by atoms with Crippen molar-refractivity contribution >= 4 is 23.5 Å². The lowest BCUT2D eigenvalue weighted by Gasteiger charge is -2.37. The van der Waals surface area contributed by atoms with Gasteiger partial charge in [-0.05, 0) is 49.9 Å². The number of rotatable bonds is 4. The number of carbonyl (C=O) groups excluding carboxylic acids is 2. The van der Waals surface area contributed by atoms with Crippen LogP contribution >= 0.6 is 11.6 Å². The number of aromatic amines is 1. The number of halogens is 1. The molecule has 0 radical (unpaired) electrons. The highest BCUT2D eigenvalue weighted by Crippen LogP contribution is 2.18. The molecule has 0 aliphatic carbocycles. The molecule has 3 rings (SSSR count). The van der Waals surface area contributed by atoms with E-state index in [1.54, 1.807) is 22.9 Å². The molecule has 1 aromatic heterocycles. The van der Waals surface area contributed by atoms with Gasteiger partial charge in [-0.15, -0.1) is 0 Å². The first-order valence-corrected chi connectivity index (χ1v) is 9.80. The monoisotopic (exact) mass is 403 g/mol. The van der Waals surface area contributed by atoms with Crippen LogP contribution in [0.15, 0.2) is 24.3 Å². The summed E-state index contributed by atoms with van der Waals surface area (Å²) in [5.74, 6) is -0.0734. The van der Waals surface area contributed by atoms with Crippen molar-refractivity contribution in [2.24, 2.45) is 0 Å². The van der Waals surface area contributed by atoms with Gasteiger partial charge in [-0.2, -0.15) is 5.10 Å². The van der Waals surface area contributed by atoms with Crippen molar-refractivity contribution in [3.63, 3.8) is 0 Å². The van der Waals surface area contributed by atoms with E-state index in [0.717, 1.165) is 29.7 Å². The summed E-state index contributed by atoms with van der Waals surface area (Å²) in [7, 11) is 1.78. The Labute approximate surface area is 170 Å². The van der Waals surface area contributed by atoms with Gasteiger partial charge in [0.25, 0.3) is 5.91 Å². The van der Waals surface area contributed by atoms with Crippen molar-refractivity contribution in [2.75, 3.05) is 20.1 Å². The number of aryl methyl sites for hydroxylation is 2. The van der Waals surface area contributed by atoms with Crippen LogP contribution in [0.3, 0.4) is 0 Å². The van der Waals surface area contributed by atoms with Crippen molar-refractivity contribution in [3.05, 3.63) is 51.8 Å². The van der Waals surface area contributed by atoms with Gasteiger partial charge in [0.15, 0.2) is 0 Å². The Morgan fingerprint density at radius 2 is 2.14 bits per heavy atom. The minimum atomic E-state index is -0.149. The Bertz CT molecular complexity index is 866. The van der Waals surface area contributed by atoms with Crippen LogP contribution in [0, 0.1) is 13.8 Å². The maximum Gasteiger partial charge on any atom is 0.317 e. The zero-order valence-electron chi connectivity index (χ0n) is 16.5. The number of piperidine rings is 1. The van der Waals surface area contributed by atoms with E-state index >= 15 is 0 Å². The number of carbonyl (C=O) groups is 2. The third kappa shape index (κ3) is 4.65. The number of likely N-dealkylation sites (N-methyl/N-ethyl adjacent to an activating group) is 1. The quantitative estimate of drug-likeness (QED) is 0.822. The maximum absolute atomic E-state index is 12.6. The van der Waals surface area contributed by atoms with Gasteiger partial charge in [-0.1, -0.05) is 23.7 Å². The summed E-state index contributed by atoms with van der Waals surface area (Å²) in [6.45, 7) is 5.42. The third-order valence-corrected chi connectivity index (χ3v) is 5.58. The predicted octanol–water partition coefficient (Wildman–Crippen LogP) is 3.13. The molecule has 150 valence electrons. The number of benzene rings is 1. The molecule has 1 atom stereocenters. The van der Waals surface area contributed by atoms with Crippen molar-refractivity contribution in [1.82, 2.24) is 25.3 Å². The smallest absolute Gasteiger partial charge is 0.317 e. The van der Waals surface area contributed by atoms with Crippen LogP contribution in [0.25, 0.3) is 0 Å². The van der Waals surface area contributed by atoms with E-state index < -0.39 is 0 Å². The van der Waals surface area contributed by atoms with E-state index in [9.17, 15) is 9.59 Å². The lowest BCUT2D eigenvalue weighted by molar-refractivity contribution is 0.0630. The summed E-state index contributed by atoms with van der Waals surface area (Å²) in [4.78, 5) is 28.7. The van der Waals surface area contributed by atoms with Crippen LogP contribution in [0.4, 0.5) is 4.79 Å². The molecule has 0 spiro atoms. The van der Waals surface area contributed by atoms with E-state index in [0.29, 0.717) is 30.4 Å². The fourth-order valence-corrected chi connectivity index (χ4v) is 3.56. The molecule has 1 aliphatic rings. The summed E-state index contributed by atoms with van der Waals surface area (Å²) < 4.78 is 0. The Morgan fingerprint density at radius 3 is 2.82 bits per heavy atom. The van der Waals surface area contributed by atoms with Crippen LogP contribution in [0.2, 0.25) is 5.02 Å². The van der Waals surface area contributed by atoms with Gasteiger partial charge < -0.3 is 15.1 Å². The summed E-state index contributed by atoms with van der Waals surface area (Å²) in [5.41, 5.74) is 3.25. The number of urea groups is 1. The molecule has 1 saturated heterocycles. The molecule has 2 heterocycles. The fraction of sp³-hybridized carbons (Fsp3) is 0.450. The lowest BCUT2D eigenvalue weighted by atomic mass is 10.0. The maximum atomic E-state index is 12.6. The Balaban J connectivity index is 1.56. The van der Waals surface area contributed by atoms with Crippen LogP contribution in [0.1, 0.15) is 40.2 Å². The first kappa shape index (κ1) is 20.2. The van der Waals surface area contributed by atoms with Gasteiger partial charge in [0.2, 0.25) is 0 Å². The highest BCUT2D eigenvalue weighted by Gasteiger charge is 2.29. The second-order valence-electron chi connectivity index (χ2n) is 7.32. The Kier molecular flexibility index (Phi) is 6.24. The number of amides is 3. The molecular weight excluding hydrogens is 378 g/mol. The molecule has 2 aromatic rings. The summed E-state index contributed by atoms with van der Waals surface area (Å²) >= 11 is 6.05. The first-order valence-electron chi connectivity index (χ1n) is 9.42. The normalized spacial score (nSPS) is 16.7. The van der Waals surface area contributed by atoms with Crippen molar-refractivity contribution in [3.8, 4) is 0 Å². The van der Waals surface area contributed by atoms with Crippen molar-refractivity contribution in [2.45, 2.75) is 39.3 Å². The zero-order chi connectivity index (χ0) is 20.3. The Morgan fingerprint density at radius 1 is 1.36 bits per heavy atom. The number of H-pyrrole nitrogens is 1. The van der Waals surface area contributed by atoms with Gasteiger partial charge in [0, 0.05) is 31.7 Å². The molecule has 3 amide bonds. The minimum Gasteiger partial charge on any atom is -0.335 e. The highest BCUT2D eigenvalue weighted by molar-refractivity contribution is 6.31.